The second kappa shape index (κ2) is 7.81. The first-order chi connectivity index (χ1) is 10.1. The van der Waals surface area contributed by atoms with Gasteiger partial charge in [0.25, 0.3) is 0 Å². The van der Waals surface area contributed by atoms with E-state index in [0.717, 1.165) is 37.3 Å². The summed E-state index contributed by atoms with van der Waals surface area (Å²) < 4.78 is 6.03. The monoisotopic (exact) mass is 290 g/mol. The van der Waals surface area contributed by atoms with Gasteiger partial charge in [0, 0.05) is 31.2 Å². The molecule has 0 radical (unpaired) electrons. The maximum absolute atomic E-state index is 6.03. The lowest BCUT2D eigenvalue weighted by molar-refractivity contribution is 0.0664. The zero-order valence-corrected chi connectivity index (χ0v) is 13.9. The third kappa shape index (κ3) is 4.45. The van der Waals surface area contributed by atoms with Crippen LogP contribution in [-0.4, -0.2) is 37.7 Å². The van der Waals surface area contributed by atoms with E-state index in [0.29, 0.717) is 6.04 Å². The summed E-state index contributed by atoms with van der Waals surface area (Å²) in [4.78, 5) is 2.58. The van der Waals surface area contributed by atoms with E-state index in [1.165, 1.54) is 18.5 Å². The van der Waals surface area contributed by atoms with Gasteiger partial charge >= 0.3 is 0 Å². The number of nitrogens with one attached hydrogen (secondary N) is 1. The lowest BCUT2D eigenvalue weighted by Crippen LogP contribution is -2.47. The number of benzene rings is 1. The smallest absolute Gasteiger partial charge is 0.123 e. The number of likely N-dealkylation sites (tertiary alicyclic amines) is 1. The number of nitrogens with zero attached hydrogens (tertiary/aromatic N) is 1. The average Bonchev–Trinajstić information content (AvgIpc) is 2.46. The van der Waals surface area contributed by atoms with Gasteiger partial charge in [-0.1, -0.05) is 32.0 Å². The van der Waals surface area contributed by atoms with Crippen molar-refractivity contribution in [2.24, 2.45) is 11.8 Å². The number of para-hydroxylation sites is 1. The van der Waals surface area contributed by atoms with E-state index in [1.807, 2.05) is 13.1 Å². The highest BCUT2D eigenvalue weighted by atomic mass is 16.5. The molecule has 1 N–H and O–H groups in total. The largest absolute Gasteiger partial charge is 0.492 e. The quantitative estimate of drug-likeness (QED) is 0.871. The highest BCUT2D eigenvalue weighted by molar-refractivity contribution is 5.33. The highest BCUT2D eigenvalue weighted by Crippen LogP contribution is 2.26. The number of piperidine rings is 1. The molecule has 0 bridgehead atoms. The van der Waals surface area contributed by atoms with E-state index in [-0.39, 0.29) is 0 Å². The van der Waals surface area contributed by atoms with Crippen LogP contribution in [0.5, 0.6) is 5.75 Å². The van der Waals surface area contributed by atoms with Crippen LogP contribution in [0.2, 0.25) is 0 Å². The first-order valence-electron chi connectivity index (χ1n) is 8.21. The second-order valence-corrected chi connectivity index (χ2v) is 6.54. The van der Waals surface area contributed by atoms with Crippen LogP contribution in [0.25, 0.3) is 0 Å². The summed E-state index contributed by atoms with van der Waals surface area (Å²) in [7, 11) is 1.97. The van der Waals surface area contributed by atoms with Crippen molar-refractivity contribution in [1.29, 1.82) is 0 Å². The van der Waals surface area contributed by atoms with E-state index in [1.54, 1.807) is 0 Å². The summed E-state index contributed by atoms with van der Waals surface area (Å²) in [5.74, 6) is 2.59. The molecular weight excluding hydrogens is 260 g/mol. The summed E-state index contributed by atoms with van der Waals surface area (Å²) in [5, 5.41) is 3.19. The van der Waals surface area contributed by atoms with Gasteiger partial charge in [0.15, 0.2) is 0 Å². The fourth-order valence-electron chi connectivity index (χ4n) is 3.38. The number of hydrogen-bond acceptors (Lipinski definition) is 3. The number of rotatable bonds is 6. The molecule has 1 fully saturated rings. The molecule has 1 saturated heterocycles. The van der Waals surface area contributed by atoms with Gasteiger partial charge in [-0.05, 0) is 38.3 Å². The van der Waals surface area contributed by atoms with Crippen LogP contribution < -0.4 is 10.1 Å². The van der Waals surface area contributed by atoms with Crippen LogP contribution in [0.15, 0.2) is 24.3 Å². The molecule has 21 heavy (non-hydrogen) atoms. The Hall–Kier alpha value is -1.06. The van der Waals surface area contributed by atoms with Crippen molar-refractivity contribution < 1.29 is 4.74 Å². The first-order valence-corrected chi connectivity index (χ1v) is 8.21. The minimum atomic E-state index is 0.664. The van der Waals surface area contributed by atoms with Crippen LogP contribution in [0, 0.1) is 11.8 Å². The van der Waals surface area contributed by atoms with Crippen molar-refractivity contribution in [3.05, 3.63) is 29.8 Å². The van der Waals surface area contributed by atoms with Crippen molar-refractivity contribution in [1.82, 2.24) is 10.2 Å². The lowest BCUT2D eigenvalue weighted by Gasteiger charge is -2.41. The van der Waals surface area contributed by atoms with Gasteiger partial charge in [0.05, 0.1) is 0 Å². The molecule has 3 atom stereocenters. The van der Waals surface area contributed by atoms with Crippen LogP contribution in [0.1, 0.15) is 32.8 Å². The summed E-state index contributed by atoms with van der Waals surface area (Å²) >= 11 is 0. The molecular formula is C18H30N2O. The molecule has 3 heteroatoms. The van der Waals surface area contributed by atoms with Gasteiger partial charge in [0.1, 0.15) is 12.4 Å². The third-order valence-electron chi connectivity index (χ3n) is 4.70. The molecule has 3 unspecified atom stereocenters. The Morgan fingerprint density at radius 1 is 1.24 bits per heavy atom. The third-order valence-corrected chi connectivity index (χ3v) is 4.70. The van der Waals surface area contributed by atoms with Crippen LogP contribution in [0.3, 0.4) is 0 Å². The highest BCUT2D eigenvalue weighted by Gasteiger charge is 2.28. The maximum atomic E-state index is 6.03. The Bertz CT molecular complexity index is 435. The van der Waals surface area contributed by atoms with Gasteiger partial charge in [-0.25, -0.2) is 0 Å². The topological polar surface area (TPSA) is 24.5 Å². The normalized spacial score (nSPS) is 26.8. The molecule has 0 aromatic heterocycles. The van der Waals surface area contributed by atoms with Gasteiger partial charge in [-0.15, -0.1) is 0 Å². The maximum Gasteiger partial charge on any atom is 0.123 e. The second-order valence-electron chi connectivity index (χ2n) is 6.54. The molecule has 1 aromatic carbocycles. The van der Waals surface area contributed by atoms with E-state index in [2.05, 4.69) is 49.2 Å². The molecule has 0 spiro atoms. The molecule has 1 heterocycles. The summed E-state index contributed by atoms with van der Waals surface area (Å²) in [6.07, 6.45) is 1.35. The average molecular weight is 290 g/mol. The van der Waals surface area contributed by atoms with E-state index < -0.39 is 0 Å². The zero-order chi connectivity index (χ0) is 15.2. The van der Waals surface area contributed by atoms with Gasteiger partial charge in [0.2, 0.25) is 0 Å². The van der Waals surface area contributed by atoms with Crippen LogP contribution in [0.4, 0.5) is 0 Å². The van der Waals surface area contributed by atoms with Crippen molar-refractivity contribution in [3.8, 4) is 5.75 Å². The fraction of sp³-hybridized carbons (Fsp3) is 0.667. The molecule has 0 amide bonds. The minimum Gasteiger partial charge on any atom is -0.492 e. The molecule has 1 aliphatic rings. The number of ether oxygens (including phenoxy) is 1. The molecule has 2 rings (SSSR count). The van der Waals surface area contributed by atoms with Crippen molar-refractivity contribution in [3.63, 3.8) is 0 Å². The molecule has 0 saturated carbocycles. The number of hydrogen-bond donors (Lipinski definition) is 1. The van der Waals surface area contributed by atoms with Crippen molar-refractivity contribution >= 4 is 0 Å². The van der Waals surface area contributed by atoms with Crippen LogP contribution in [-0.2, 0) is 6.54 Å². The minimum absolute atomic E-state index is 0.664. The summed E-state index contributed by atoms with van der Waals surface area (Å²) in [5.41, 5.74) is 1.23. The molecule has 1 aliphatic heterocycles. The predicted molar refractivity (Wildman–Crippen MR) is 88.7 cm³/mol. The Labute approximate surface area is 129 Å². The Morgan fingerprint density at radius 2 is 2.00 bits per heavy atom. The Kier molecular flexibility index (Phi) is 6.07. The SMILES string of the molecule is CNCc1ccccc1OCCN1CC(C)CC(C)C1C. The van der Waals surface area contributed by atoms with Crippen LogP contribution >= 0.6 is 0 Å². The zero-order valence-electron chi connectivity index (χ0n) is 13.9. The molecule has 1 aromatic rings. The van der Waals surface area contributed by atoms with Gasteiger partial charge in [-0.3, -0.25) is 4.90 Å². The standard InChI is InChI=1S/C18H30N2O/c1-14-11-15(2)16(3)20(13-14)9-10-21-18-8-6-5-7-17(18)12-19-4/h5-8,14-16,19H,9-13H2,1-4H3. The lowest BCUT2D eigenvalue weighted by atomic mass is 9.86. The predicted octanol–water partition coefficient (Wildman–Crippen LogP) is 3.15. The van der Waals surface area contributed by atoms with Gasteiger partial charge < -0.3 is 10.1 Å². The van der Waals surface area contributed by atoms with Gasteiger partial charge in [-0.2, -0.15) is 0 Å². The summed E-state index contributed by atoms with van der Waals surface area (Å²) in [6, 6.07) is 8.96. The van der Waals surface area contributed by atoms with E-state index >= 15 is 0 Å². The van der Waals surface area contributed by atoms with E-state index in [4.69, 9.17) is 4.74 Å². The molecule has 3 nitrogen and oxygen atoms in total. The fourth-order valence-corrected chi connectivity index (χ4v) is 3.38. The molecule has 118 valence electrons. The molecule has 0 aliphatic carbocycles. The summed E-state index contributed by atoms with van der Waals surface area (Å²) in [6.45, 7) is 10.9. The van der Waals surface area contributed by atoms with E-state index in [9.17, 15) is 0 Å². The van der Waals surface area contributed by atoms with Crippen molar-refractivity contribution in [2.45, 2.75) is 39.8 Å². The Balaban J connectivity index is 1.86. The first kappa shape index (κ1) is 16.3. The van der Waals surface area contributed by atoms with Crippen molar-refractivity contribution in [2.75, 3.05) is 26.7 Å². The Morgan fingerprint density at radius 3 is 2.76 bits per heavy atom.